The number of methoxy groups -OCH3 is 3. The second kappa shape index (κ2) is 22.6. The molecule has 3 heterocycles. The van der Waals surface area contributed by atoms with E-state index in [2.05, 4.69) is 5.32 Å². The molecule has 9 atom stereocenters. The van der Waals surface area contributed by atoms with Crippen molar-refractivity contribution in [3.05, 3.63) is 185 Å². The first-order chi connectivity index (χ1) is 36.1. The number of alkyl halides is 2. The predicted molar refractivity (Wildman–Crippen MR) is 264 cm³/mol. The number of halogens is 2. The molecule has 1 unspecified atom stereocenters. The maximum atomic E-state index is 18.2. The molecule has 2 fully saturated rings. The van der Waals surface area contributed by atoms with Gasteiger partial charge >= 0.3 is 11.9 Å². The minimum absolute atomic E-state index is 0.0108. The zero-order valence-electron chi connectivity index (χ0n) is 41.1. The molecule has 0 saturated carbocycles. The molecule has 0 aromatic heterocycles. The van der Waals surface area contributed by atoms with Crippen LogP contribution in [0.5, 0.6) is 28.7 Å². The second-order valence-electron chi connectivity index (χ2n) is 18.5. The zero-order chi connectivity index (χ0) is 51.2. The number of benzene rings is 6. The molecular formula is C58H57F2NO13. The van der Waals surface area contributed by atoms with E-state index in [0.717, 1.165) is 16.7 Å². The van der Waals surface area contributed by atoms with Crippen LogP contribution >= 0.6 is 0 Å². The summed E-state index contributed by atoms with van der Waals surface area (Å²) in [6.07, 6.45) is -7.37. The predicted octanol–water partition coefficient (Wildman–Crippen LogP) is 8.91. The molecule has 16 heteroatoms. The summed E-state index contributed by atoms with van der Waals surface area (Å²) in [7, 11) is 4.44. The number of nitrogens with one attached hydrogen (secondary N) is 1. The SMILES string of the molecule is COc1cc([C@@H]2c3cc4c(cc3[C@@H](NC(=O)C(F)(F)[C@H]3O[C@H](COCc5ccccc5)[C@@H](OCc5ccccc5)[C@H](OCc5ccccc5)[C@H]3OCc3ccccc3)C3COC(=O)[C@@H]32)OCO4)cc(OC)c1OC. The third-order valence-electron chi connectivity index (χ3n) is 14.1. The van der Waals surface area contributed by atoms with Gasteiger partial charge in [-0.1, -0.05) is 121 Å². The van der Waals surface area contributed by atoms with Crippen LogP contribution in [0.15, 0.2) is 146 Å². The molecule has 4 aliphatic rings. The number of amides is 1. The number of carbonyl (C=O) groups excluding carboxylic acids is 2. The second-order valence-corrected chi connectivity index (χ2v) is 18.5. The average molecular weight is 1010 g/mol. The number of fused-ring (bicyclic) bond motifs is 3. The number of hydrogen-bond acceptors (Lipinski definition) is 13. The molecule has 6 aromatic rings. The maximum Gasteiger partial charge on any atom is 0.352 e. The van der Waals surface area contributed by atoms with Gasteiger partial charge in [0, 0.05) is 11.8 Å². The summed E-state index contributed by atoms with van der Waals surface area (Å²) in [4.78, 5) is 29.1. The lowest BCUT2D eigenvalue weighted by Gasteiger charge is -2.48. The van der Waals surface area contributed by atoms with E-state index < -0.39 is 72.1 Å². The fourth-order valence-electron chi connectivity index (χ4n) is 10.5. The van der Waals surface area contributed by atoms with Crippen LogP contribution in [0.25, 0.3) is 0 Å². The monoisotopic (exact) mass is 1010 g/mol. The molecular weight excluding hydrogens is 957 g/mol. The van der Waals surface area contributed by atoms with Gasteiger partial charge in [0.2, 0.25) is 12.5 Å². The van der Waals surface area contributed by atoms with Crippen LogP contribution in [-0.2, 0) is 64.4 Å². The highest BCUT2D eigenvalue weighted by atomic mass is 19.3. The van der Waals surface area contributed by atoms with Gasteiger partial charge in [-0.15, -0.1) is 0 Å². The summed E-state index contributed by atoms with van der Waals surface area (Å²) in [5.41, 5.74) is 4.65. The fraction of sp³-hybridized carbons (Fsp3) is 0.345. The molecule has 1 N–H and O–H groups in total. The van der Waals surface area contributed by atoms with E-state index in [-0.39, 0.29) is 46.4 Å². The van der Waals surface area contributed by atoms with Crippen LogP contribution in [0.3, 0.4) is 0 Å². The Hall–Kier alpha value is -7.08. The van der Waals surface area contributed by atoms with Crippen LogP contribution in [-0.4, -0.2) is 89.7 Å². The van der Waals surface area contributed by atoms with Crippen molar-refractivity contribution in [2.24, 2.45) is 11.8 Å². The Balaban J connectivity index is 1.04. The first-order valence-electron chi connectivity index (χ1n) is 24.5. The number of rotatable bonds is 20. The quantitative estimate of drug-likeness (QED) is 0.0727. The van der Waals surface area contributed by atoms with Crippen molar-refractivity contribution >= 4 is 11.9 Å². The van der Waals surface area contributed by atoms with E-state index in [0.29, 0.717) is 51.0 Å². The summed E-state index contributed by atoms with van der Waals surface area (Å²) in [6, 6.07) is 42.9. The molecule has 1 aliphatic carbocycles. The van der Waals surface area contributed by atoms with Crippen LogP contribution in [0, 0.1) is 11.8 Å². The van der Waals surface area contributed by atoms with Gasteiger partial charge in [-0.2, -0.15) is 8.78 Å². The van der Waals surface area contributed by atoms with E-state index in [1.54, 1.807) is 24.3 Å². The fourth-order valence-corrected chi connectivity index (χ4v) is 10.5. The molecule has 3 aliphatic heterocycles. The van der Waals surface area contributed by atoms with E-state index in [1.165, 1.54) is 21.3 Å². The van der Waals surface area contributed by atoms with Crippen molar-refractivity contribution in [1.82, 2.24) is 5.32 Å². The molecule has 0 bridgehead atoms. The molecule has 1 amide bonds. The summed E-state index contributed by atoms with van der Waals surface area (Å²) in [6.45, 7) is -0.436. The molecule has 10 rings (SSSR count). The highest BCUT2D eigenvalue weighted by molar-refractivity contribution is 5.86. The number of cyclic esters (lactones) is 1. The van der Waals surface area contributed by atoms with Crippen molar-refractivity contribution < 1.29 is 70.5 Å². The lowest BCUT2D eigenvalue weighted by Crippen LogP contribution is -2.67. The molecule has 6 aromatic carbocycles. The van der Waals surface area contributed by atoms with Gasteiger partial charge in [-0.3, -0.25) is 9.59 Å². The Morgan fingerprint density at radius 3 is 1.65 bits per heavy atom. The summed E-state index contributed by atoms with van der Waals surface area (Å²) >= 11 is 0. The zero-order valence-corrected chi connectivity index (χ0v) is 41.1. The van der Waals surface area contributed by atoms with Crippen LogP contribution < -0.4 is 29.0 Å². The number of hydrogen-bond donors (Lipinski definition) is 1. The highest BCUT2D eigenvalue weighted by Gasteiger charge is 2.62. The average Bonchev–Trinajstić information content (AvgIpc) is 4.08. The van der Waals surface area contributed by atoms with Crippen molar-refractivity contribution in [3.63, 3.8) is 0 Å². The first-order valence-corrected chi connectivity index (χ1v) is 24.5. The summed E-state index contributed by atoms with van der Waals surface area (Å²) < 4.78 is 104. The highest BCUT2D eigenvalue weighted by Crippen LogP contribution is 2.56. The molecule has 0 spiro atoms. The van der Waals surface area contributed by atoms with Crippen molar-refractivity contribution in [3.8, 4) is 28.7 Å². The molecule has 386 valence electrons. The molecule has 74 heavy (non-hydrogen) atoms. The van der Waals surface area contributed by atoms with Crippen LogP contribution in [0.4, 0.5) is 8.78 Å². The number of carbonyl (C=O) groups is 2. The lowest BCUT2D eigenvalue weighted by atomic mass is 9.65. The van der Waals surface area contributed by atoms with Crippen LogP contribution in [0.2, 0.25) is 0 Å². The van der Waals surface area contributed by atoms with Crippen molar-refractivity contribution in [2.75, 3.05) is 41.3 Å². The van der Waals surface area contributed by atoms with E-state index in [4.69, 9.17) is 52.1 Å². The van der Waals surface area contributed by atoms with Gasteiger partial charge < -0.3 is 57.4 Å². The Morgan fingerprint density at radius 2 is 1.12 bits per heavy atom. The maximum absolute atomic E-state index is 18.2. The minimum atomic E-state index is -4.33. The van der Waals surface area contributed by atoms with Gasteiger partial charge in [0.05, 0.1) is 72.9 Å². The third-order valence-corrected chi connectivity index (χ3v) is 14.1. The first kappa shape index (κ1) is 50.5. The lowest BCUT2D eigenvalue weighted by molar-refractivity contribution is -0.304. The molecule has 0 radical (unpaired) electrons. The van der Waals surface area contributed by atoms with E-state index in [9.17, 15) is 4.79 Å². The van der Waals surface area contributed by atoms with E-state index >= 15 is 13.6 Å². The van der Waals surface area contributed by atoms with Crippen LogP contribution in [0.1, 0.15) is 50.9 Å². The Labute approximate surface area is 427 Å². The third kappa shape index (κ3) is 10.5. The molecule has 2 saturated heterocycles. The number of ether oxygens (including phenoxy) is 11. The smallest absolute Gasteiger partial charge is 0.352 e. The minimum Gasteiger partial charge on any atom is -0.493 e. The van der Waals surface area contributed by atoms with E-state index in [1.807, 2.05) is 121 Å². The normalized spacial score (nSPS) is 23.8. The largest absolute Gasteiger partial charge is 0.493 e. The Kier molecular flexibility index (Phi) is 15.4. The van der Waals surface area contributed by atoms with Crippen molar-refractivity contribution in [1.29, 1.82) is 0 Å². The summed E-state index contributed by atoms with van der Waals surface area (Å²) in [5.74, 6) is -7.42. The van der Waals surface area contributed by atoms with Gasteiger partial charge in [0.1, 0.15) is 24.4 Å². The van der Waals surface area contributed by atoms with Crippen molar-refractivity contribution in [2.45, 2.75) is 74.8 Å². The molecule has 14 nitrogen and oxygen atoms in total. The van der Waals surface area contributed by atoms with Gasteiger partial charge in [0.15, 0.2) is 29.1 Å². The topological polar surface area (TPSA) is 148 Å². The number of esters is 1. The van der Waals surface area contributed by atoms with Gasteiger partial charge in [-0.05, 0) is 63.2 Å². The van der Waals surface area contributed by atoms with Gasteiger partial charge in [-0.25, -0.2) is 0 Å². The standard InChI is InChI=1S/C58H57F2NO13/c1-64-45-24-39(25-46(65-2)51(45)66-3)48-40-26-43-44(73-34-72-43)27-41(40)50(42-32-71-56(62)49(42)48)61-57(63)58(59,60)55-54(70-31-38-22-14-7-15-23-38)53(69-30-37-20-12-6-13-21-37)52(68-29-36-18-10-5-11-19-36)47(74-55)33-67-28-35-16-8-4-9-17-35/h4-27,42,47-50,52-55H,28-34H2,1-3H3,(H,61,63)/t42?,47-,48-,49+,50-,52-,53+,54-,55+/m1/s1. The summed E-state index contributed by atoms with van der Waals surface area (Å²) in [5, 5.41) is 2.71. The van der Waals surface area contributed by atoms with Gasteiger partial charge in [0.25, 0.3) is 5.91 Å². The Bertz CT molecular complexity index is 2840. The Morgan fingerprint density at radius 1 is 0.622 bits per heavy atom.